The Morgan fingerprint density at radius 2 is 2.55 bits per heavy atom. The maximum absolute atomic E-state index is 8.65. The molecule has 0 aromatic heterocycles. The molecule has 66 valence electrons. The van der Waals surface area contributed by atoms with E-state index in [1.54, 1.807) is 0 Å². The quantitative estimate of drug-likeness (QED) is 0.527. The van der Waals surface area contributed by atoms with Gasteiger partial charge in [0.1, 0.15) is 0 Å². The smallest absolute Gasteiger partial charge is 0.0445 e. The minimum atomic E-state index is 0.286. The van der Waals surface area contributed by atoms with Gasteiger partial charge in [-0.25, -0.2) is 0 Å². The number of aliphatic hydroxyl groups excluding tert-OH is 1. The van der Waals surface area contributed by atoms with Crippen LogP contribution >= 0.6 is 0 Å². The van der Waals surface area contributed by atoms with Crippen molar-refractivity contribution in [2.75, 3.05) is 19.7 Å². The summed E-state index contributed by atoms with van der Waals surface area (Å²) in [7, 11) is 0. The molecular formula is C8H18N2O. The van der Waals surface area contributed by atoms with E-state index in [-0.39, 0.29) is 6.61 Å². The lowest BCUT2D eigenvalue weighted by Gasteiger charge is -2.17. The Bertz CT molecular complexity index is 102. The number of hydrogen-bond acceptors (Lipinski definition) is 3. The van der Waals surface area contributed by atoms with Crippen LogP contribution in [0.25, 0.3) is 0 Å². The van der Waals surface area contributed by atoms with E-state index >= 15 is 0 Å². The Morgan fingerprint density at radius 1 is 1.73 bits per heavy atom. The van der Waals surface area contributed by atoms with Crippen LogP contribution in [-0.4, -0.2) is 36.9 Å². The molecule has 0 aromatic rings. The van der Waals surface area contributed by atoms with Crippen LogP contribution < -0.4 is 10.6 Å². The van der Waals surface area contributed by atoms with E-state index in [0.29, 0.717) is 12.1 Å². The molecule has 1 fully saturated rings. The highest BCUT2D eigenvalue weighted by molar-refractivity contribution is 4.79. The van der Waals surface area contributed by atoms with E-state index in [2.05, 4.69) is 17.6 Å². The van der Waals surface area contributed by atoms with Gasteiger partial charge in [-0.15, -0.1) is 0 Å². The summed E-state index contributed by atoms with van der Waals surface area (Å²) in [5, 5.41) is 15.4. The average molecular weight is 158 g/mol. The molecule has 1 aliphatic heterocycles. The van der Waals surface area contributed by atoms with Crippen LogP contribution in [0.3, 0.4) is 0 Å². The lowest BCUT2D eigenvalue weighted by Crippen LogP contribution is -2.38. The summed E-state index contributed by atoms with van der Waals surface area (Å²) >= 11 is 0. The van der Waals surface area contributed by atoms with Gasteiger partial charge in [-0.05, 0) is 26.3 Å². The summed E-state index contributed by atoms with van der Waals surface area (Å²) < 4.78 is 0. The standard InChI is InChI=1S/C8H18N2O/c1-7(3-5-11)10-8-2-4-9-6-8/h7-11H,2-6H2,1H3. The maximum atomic E-state index is 8.65. The highest BCUT2D eigenvalue weighted by atomic mass is 16.3. The van der Waals surface area contributed by atoms with Crippen LogP contribution in [0.1, 0.15) is 19.8 Å². The second kappa shape index (κ2) is 4.70. The van der Waals surface area contributed by atoms with Gasteiger partial charge in [0.2, 0.25) is 0 Å². The van der Waals surface area contributed by atoms with Crippen molar-refractivity contribution < 1.29 is 5.11 Å². The summed E-state index contributed by atoms with van der Waals surface area (Å²) in [5.74, 6) is 0. The van der Waals surface area contributed by atoms with Crippen molar-refractivity contribution in [2.45, 2.75) is 31.8 Å². The molecule has 2 atom stereocenters. The monoisotopic (exact) mass is 158 g/mol. The van der Waals surface area contributed by atoms with Crippen molar-refractivity contribution in [1.29, 1.82) is 0 Å². The first-order valence-electron chi connectivity index (χ1n) is 4.40. The molecule has 0 saturated carbocycles. The SMILES string of the molecule is CC(CCO)NC1CCNC1. The Morgan fingerprint density at radius 3 is 3.09 bits per heavy atom. The van der Waals surface area contributed by atoms with Gasteiger partial charge < -0.3 is 15.7 Å². The molecule has 3 heteroatoms. The molecule has 0 radical (unpaired) electrons. The summed E-state index contributed by atoms with van der Waals surface area (Å²) in [6, 6.07) is 1.07. The number of aliphatic hydroxyl groups is 1. The fourth-order valence-corrected chi connectivity index (χ4v) is 1.48. The topological polar surface area (TPSA) is 44.3 Å². The van der Waals surface area contributed by atoms with Crippen molar-refractivity contribution in [3.8, 4) is 0 Å². The van der Waals surface area contributed by atoms with Gasteiger partial charge in [0.05, 0.1) is 0 Å². The van der Waals surface area contributed by atoms with Gasteiger partial charge >= 0.3 is 0 Å². The lowest BCUT2D eigenvalue weighted by atomic mass is 10.2. The second-order valence-electron chi connectivity index (χ2n) is 3.27. The third kappa shape index (κ3) is 3.18. The zero-order valence-electron chi connectivity index (χ0n) is 7.14. The third-order valence-corrected chi connectivity index (χ3v) is 2.14. The number of nitrogens with one attached hydrogen (secondary N) is 2. The van der Waals surface area contributed by atoms with Crippen LogP contribution in [0.15, 0.2) is 0 Å². The maximum Gasteiger partial charge on any atom is 0.0445 e. The van der Waals surface area contributed by atoms with E-state index in [1.807, 2.05) is 0 Å². The number of rotatable bonds is 4. The largest absolute Gasteiger partial charge is 0.396 e. The van der Waals surface area contributed by atoms with Gasteiger partial charge in [0.25, 0.3) is 0 Å². The van der Waals surface area contributed by atoms with E-state index in [0.717, 1.165) is 19.5 Å². The second-order valence-corrected chi connectivity index (χ2v) is 3.27. The highest BCUT2D eigenvalue weighted by Gasteiger charge is 2.15. The summed E-state index contributed by atoms with van der Waals surface area (Å²) in [5.41, 5.74) is 0. The number of hydrogen-bond donors (Lipinski definition) is 3. The zero-order valence-corrected chi connectivity index (χ0v) is 7.14. The Hall–Kier alpha value is -0.120. The molecule has 1 heterocycles. The molecule has 0 aromatic carbocycles. The molecule has 1 saturated heterocycles. The van der Waals surface area contributed by atoms with Gasteiger partial charge in [0, 0.05) is 25.2 Å². The van der Waals surface area contributed by atoms with Gasteiger partial charge in [-0.3, -0.25) is 0 Å². The van der Waals surface area contributed by atoms with Gasteiger partial charge in [-0.1, -0.05) is 0 Å². The Kier molecular flexibility index (Phi) is 3.83. The average Bonchev–Trinajstić information content (AvgIpc) is 2.40. The van der Waals surface area contributed by atoms with Crippen LogP contribution in [0.4, 0.5) is 0 Å². The summed E-state index contributed by atoms with van der Waals surface area (Å²) in [6.45, 7) is 4.61. The normalized spacial score (nSPS) is 27.3. The first kappa shape index (κ1) is 8.97. The molecular weight excluding hydrogens is 140 g/mol. The fraction of sp³-hybridized carbons (Fsp3) is 1.00. The molecule has 1 aliphatic rings. The summed E-state index contributed by atoms with van der Waals surface area (Å²) in [4.78, 5) is 0. The Labute approximate surface area is 68.2 Å². The molecule has 0 amide bonds. The van der Waals surface area contributed by atoms with Gasteiger partial charge in [0.15, 0.2) is 0 Å². The van der Waals surface area contributed by atoms with Crippen LogP contribution in [-0.2, 0) is 0 Å². The van der Waals surface area contributed by atoms with E-state index in [1.165, 1.54) is 6.42 Å². The highest BCUT2D eigenvalue weighted by Crippen LogP contribution is 2.00. The van der Waals surface area contributed by atoms with E-state index in [4.69, 9.17) is 5.11 Å². The van der Waals surface area contributed by atoms with Crippen molar-refractivity contribution in [1.82, 2.24) is 10.6 Å². The molecule has 3 nitrogen and oxygen atoms in total. The molecule has 0 spiro atoms. The molecule has 1 rings (SSSR count). The first-order chi connectivity index (χ1) is 5.33. The summed E-state index contributed by atoms with van der Waals surface area (Å²) in [6.07, 6.45) is 2.08. The van der Waals surface area contributed by atoms with Crippen molar-refractivity contribution in [2.24, 2.45) is 0 Å². The predicted octanol–water partition coefficient (Wildman–Crippen LogP) is -0.291. The van der Waals surface area contributed by atoms with Crippen molar-refractivity contribution in [3.63, 3.8) is 0 Å². The third-order valence-electron chi connectivity index (χ3n) is 2.14. The minimum absolute atomic E-state index is 0.286. The first-order valence-corrected chi connectivity index (χ1v) is 4.40. The molecule has 11 heavy (non-hydrogen) atoms. The molecule has 0 aliphatic carbocycles. The van der Waals surface area contributed by atoms with Crippen molar-refractivity contribution >= 4 is 0 Å². The van der Waals surface area contributed by atoms with Crippen LogP contribution in [0.5, 0.6) is 0 Å². The lowest BCUT2D eigenvalue weighted by molar-refractivity contribution is 0.264. The molecule has 3 N–H and O–H groups in total. The van der Waals surface area contributed by atoms with Gasteiger partial charge in [-0.2, -0.15) is 0 Å². The fourth-order valence-electron chi connectivity index (χ4n) is 1.48. The van der Waals surface area contributed by atoms with Crippen LogP contribution in [0.2, 0.25) is 0 Å². The zero-order chi connectivity index (χ0) is 8.10. The molecule has 2 unspecified atom stereocenters. The van der Waals surface area contributed by atoms with Crippen molar-refractivity contribution in [3.05, 3.63) is 0 Å². The minimum Gasteiger partial charge on any atom is -0.396 e. The van der Waals surface area contributed by atoms with E-state index < -0.39 is 0 Å². The predicted molar refractivity (Wildman–Crippen MR) is 45.6 cm³/mol. The Balaban J connectivity index is 2.08. The molecule has 0 bridgehead atoms. The van der Waals surface area contributed by atoms with Crippen LogP contribution in [0, 0.1) is 0 Å². The van der Waals surface area contributed by atoms with E-state index in [9.17, 15) is 0 Å².